The van der Waals surface area contributed by atoms with Crippen molar-refractivity contribution in [1.29, 1.82) is 0 Å². The van der Waals surface area contributed by atoms with Crippen molar-refractivity contribution in [3.63, 3.8) is 0 Å². The largest absolute Gasteiger partial charge is 0.392 e. The Morgan fingerprint density at radius 3 is 2.43 bits per heavy atom. The molecular formula is C18H21NO2. The van der Waals surface area contributed by atoms with Gasteiger partial charge in [0.1, 0.15) is 0 Å². The van der Waals surface area contributed by atoms with Gasteiger partial charge in [-0.25, -0.2) is 0 Å². The summed E-state index contributed by atoms with van der Waals surface area (Å²) in [6.07, 6.45) is 1.03. The standard InChI is InChI=1S/C18H21NO2/c1-3-13(2)16-6-4-5-7-17(16)19-18(21)15-10-8-14(12-20)9-11-15/h4-11,13,20H,3,12H2,1-2H3,(H,19,21). The molecule has 2 aromatic carbocycles. The van der Waals surface area contributed by atoms with Gasteiger partial charge in [0.2, 0.25) is 0 Å². The molecule has 3 heteroatoms. The van der Waals surface area contributed by atoms with E-state index in [9.17, 15) is 4.79 Å². The van der Waals surface area contributed by atoms with Gasteiger partial charge in [-0.05, 0) is 41.7 Å². The van der Waals surface area contributed by atoms with E-state index in [1.807, 2.05) is 18.2 Å². The maximum absolute atomic E-state index is 12.3. The zero-order valence-electron chi connectivity index (χ0n) is 12.5. The molecule has 1 amide bonds. The van der Waals surface area contributed by atoms with Crippen LogP contribution in [0.3, 0.4) is 0 Å². The summed E-state index contributed by atoms with van der Waals surface area (Å²) in [5.41, 5.74) is 3.40. The van der Waals surface area contributed by atoms with Crippen LogP contribution < -0.4 is 5.32 Å². The molecule has 2 rings (SSSR count). The van der Waals surface area contributed by atoms with Crippen LogP contribution in [0.5, 0.6) is 0 Å². The second-order valence-electron chi connectivity index (χ2n) is 5.21. The van der Waals surface area contributed by atoms with E-state index < -0.39 is 0 Å². The van der Waals surface area contributed by atoms with Crippen LogP contribution in [0.1, 0.15) is 47.7 Å². The number of amides is 1. The first-order valence-corrected chi connectivity index (χ1v) is 7.25. The molecule has 0 aliphatic carbocycles. The number of aliphatic hydroxyl groups excluding tert-OH is 1. The van der Waals surface area contributed by atoms with Gasteiger partial charge in [0.15, 0.2) is 0 Å². The molecular weight excluding hydrogens is 262 g/mol. The second-order valence-corrected chi connectivity index (χ2v) is 5.21. The number of rotatable bonds is 5. The molecule has 0 saturated heterocycles. The number of hydrogen-bond donors (Lipinski definition) is 2. The molecule has 1 unspecified atom stereocenters. The van der Waals surface area contributed by atoms with Crippen LogP contribution in [0.4, 0.5) is 5.69 Å². The second kappa shape index (κ2) is 7.04. The van der Waals surface area contributed by atoms with Crippen molar-refractivity contribution >= 4 is 11.6 Å². The average molecular weight is 283 g/mol. The van der Waals surface area contributed by atoms with Crippen LogP contribution >= 0.6 is 0 Å². The lowest BCUT2D eigenvalue weighted by atomic mass is 9.97. The molecule has 0 heterocycles. The van der Waals surface area contributed by atoms with Crippen molar-refractivity contribution in [3.05, 3.63) is 65.2 Å². The van der Waals surface area contributed by atoms with Gasteiger partial charge in [0, 0.05) is 11.3 Å². The van der Waals surface area contributed by atoms with Crippen LogP contribution in [0, 0.1) is 0 Å². The first kappa shape index (κ1) is 15.3. The molecule has 110 valence electrons. The summed E-state index contributed by atoms with van der Waals surface area (Å²) >= 11 is 0. The molecule has 0 aliphatic rings. The highest BCUT2D eigenvalue weighted by atomic mass is 16.3. The van der Waals surface area contributed by atoms with E-state index in [-0.39, 0.29) is 12.5 Å². The highest BCUT2D eigenvalue weighted by Crippen LogP contribution is 2.26. The Kier molecular flexibility index (Phi) is 5.12. The minimum Gasteiger partial charge on any atom is -0.392 e. The quantitative estimate of drug-likeness (QED) is 0.873. The number of benzene rings is 2. The van der Waals surface area contributed by atoms with Crippen molar-refractivity contribution in [1.82, 2.24) is 0 Å². The molecule has 0 fully saturated rings. The molecule has 0 spiro atoms. The SMILES string of the molecule is CCC(C)c1ccccc1NC(=O)c1ccc(CO)cc1. The van der Waals surface area contributed by atoms with Crippen LogP contribution in [-0.2, 0) is 6.61 Å². The molecule has 0 aromatic heterocycles. The third kappa shape index (κ3) is 3.70. The van der Waals surface area contributed by atoms with Crippen LogP contribution in [-0.4, -0.2) is 11.0 Å². The highest BCUT2D eigenvalue weighted by molar-refractivity contribution is 6.04. The van der Waals surface area contributed by atoms with E-state index in [0.29, 0.717) is 11.5 Å². The Balaban J connectivity index is 2.19. The van der Waals surface area contributed by atoms with E-state index >= 15 is 0 Å². The monoisotopic (exact) mass is 283 g/mol. The van der Waals surface area contributed by atoms with Crippen molar-refractivity contribution in [3.8, 4) is 0 Å². The molecule has 1 atom stereocenters. The van der Waals surface area contributed by atoms with Gasteiger partial charge < -0.3 is 10.4 Å². The fraction of sp³-hybridized carbons (Fsp3) is 0.278. The maximum atomic E-state index is 12.3. The average Bonchev–Trinajstić information content (AvgIpc) is 2.54. The number of carbonyl (C=O) groups excluding carboxylic acids is 1. The van der Waals surface area contributed by atoms with Crippen LogP contribution in [0.15, 0.2) is 48.5 Å². The van der Waals surface area contributed by atoms with Crippen molar-refractivity contribution in [2.24, 2.45) is 0 Å². The maximum Gasteiger partial charge on any atom is 0.255 e. The summed E-state index contributed by atoms with van der Waals surface area (Å²) in [6, 6.07) is 14.9. The van der Waals surface area contributed by atoms with Gasteiger partial charge >= 0.3 is 0 Å². The lowest BCUT2D eigenvalue weighted by Gasteiger charge is -2.15. The zero-order valence-corrected chi connectivity index (χ0v) is 12.5. The number of para-hydroxylation sites is 1. The third-order valence-electron chi connectivity index (χ3n) is 3.75. The van der Waals surface area contributed by atoms with Gasteiger partial charge in [-0.2, -0.15) is 0 Å². The molecule has 0 bridgehead atoms. The minimum absolute atomic E-state index is 0.0151. The van der Waals surface area contributed by atoms with Crippen molar-refractivity contribution in [2.45, 2.75) is 32.8 Å². The Morgan fingerprint density at radius 1 is 1.14 bits per heavy atom. The highest BCUT2D eigenvalue weighted by Gasteiger charge is 2.12. The number of anilines is 1. The molecule has 21 heavy (non-hydrogen) atoms. The predicted octanol–water partition coefficient (Wildman–Crippen LogP) is 3.94. The van der Waals surface area contributed by atoms with E-state index in [0.717, 1.165) is 23.2 Å². The summed E-state index contributed by atoms with van der Waals surface area (Å²) < 4.78 is 0. The molecule has 0 aliphatic heterocycles. The smallest absolute Gasteiger partial charge is 0.255 e. The molecule has 3 nitrogen and oxygen atoms in total. The Labute approximate surface area is 125 Å². The van der Waals surface area contributed by atoms with E-state index in [1.54, 1.807) is 24.3 Å². The van der Waals surface area contributed by atoms with E-state index in [2.05, 4.69) is 25.2 Å². The Hall–Kier alpha value is -2.13. The summed E-state index contributed by atoms with van der Waals surface area (Å²) in [5.74, 6) is 0.272. The first-order chi connectivity index (χ1) is 10.2. The van der Waals surface area contributed by atoms with Gasteiger partial charge in [-0.1, -0.05) is 44.2 Å². The van der Waals surface area contributed by atoms with Gasteiger partial charge in [-0.3, -0.25) is 4.79 Å². The summed E-state index contributed by atoms with van der Waals surface area (Å²) in [4.78, 5) is 12.3. The normalized spacial score (nSPS) is 12.0. The Bertz CT molecular complexity index is 605. The van der Waals surface area contributed by atoms with E-state index in [1.165, 1.54) is 0 Å². The topological polar surface area (TPSA) is 49.3 Å². The molecule has 2 aromatic rings. The predicted molar refractivity (Wildman–Crippen MR) is 85.5 cm³/mol. The lowest BCUT2D eigenvalue weighted by Crippen LogP contribution is -2.14. The fourth-order valence-corrected chi connectivity index (χ4v) is 2.22. The van der Waals surface area contributed by atoms with Crippen LogP contribution in [0.25, 0.3) is 0 Å². The third-order valence-corrected chi connectivity index (χ3v) is 3.75. The lowest BCUT2D eigenvalue weighted by molar-refractivity contribution is 0.102. The minimum atomic E-state index is -0.129. The summed E-state index contributed by atoms with van der Waals surface area (Å²) in [6.45, 7) is 4.27. The van der Waals surface area contributed by atoms with Crippen molar-refractivity contribution < 1.29 is 9.90 Å². The zero-order chi connectivity index (χ0) is 15.2. The number of hydrogen-bond acceptors (Lipinski definition) is 2. The fourth-order valence-electron chi connectivity index (χ4n) is 2.22. The number of aliphatic hydroxyl groups is 1. The van der Waals surface area contributed by atoms with Gasteiger partial charge in [0.25, 0.3) is 5.91 Å². The Morgan fingerprint density at radius 2 is 1.81 bits per heavy atom. The first-order valence-electron chi connectivity index (χ1n) is 7.25. The van der Waals surface area contributed by atoms with Crippen LogP contribution in [0.2, 0.25) is 0 Å². The molecule has 2 N–H and O–H groups in total. The summed E-state index contributed by atoms with van der Waals surface area (Å²) in [7, 11) is 0. The number of nitrogens with one attached hydrogen (secondary N) is 1. The van der Waals surface area contributed by atoms with Crippen molar-refractivity contribution in [2.75, 3.05) is 5.32 Å². The van der Waals surface area contributed by atoms with Gasteiger partial charge in [0.05, 0.1) is 6.61 Å². The van der Waals surface area contributed by atoms with E-state index in [4.69, 9.17) is 5.11 Å². The molecule has 0 radical (unpaired) electrons. The molecule has 0 saturated carbocycles. The van der Waals surface area contributed by atoms with Gasteiger partial charge in [-0.15, -0.1) is 0 Å². The number of carbonyl (C=O) groups is 1. The summed E-state index contributed by atoms with van der Waals surface area (Å²) in [5, 5.41) is 12.0.